The molecule has 1 fully saturated rings. The molecule has 0 spiro atoms. The van der Waals surface area contributed by atoms with Gasteiger partial charge in [-0.3, -0.25) is 14.0 Å². The number of carbonyl (C=O) groups excluding carboxylic acids is 3. The number of amides is 4. The van der Waals surface area contributed by atoms with Crippen LogP contribution in [0.5, 0.6) is 0 Å². The van der Waals surface area contributed by atoms with Gasteiger partial charge in [0.25, 0.3) is 6.43 Å². The van der Waals surface area contributed by atoms with Crippen molar-refractivity contribution >= 4 is 18.3 Å². The largest absolute Gasteiger partial charge is 0.336 e. The van der Waals surface area contributed by atoms with Crippen molar-refractivity contribution in [2.45, 2.75) is 32.9 Å². The number of carbonyl (C=O) groups is 3. The van der Waals surface area contributed by atoms with Crippen LogP contribution in [-0.4, -0.2) is 86.3 Å². The fourth-order valence-corrected chi connectivity index (χ4v) is 4.02. The highest BCUT2D eigenvalue weighted by Crippen LogP contribution is 2.21. The normalized spacial score (nSPS) is 21.1. The van der Waals surface area contributed by atoms with Crippen LogP contribution >= 0.6 is 0 Å². The molecule has 0 aromatic heterocycles. The molecule has 11 heteroatoms. The Balaban J connectivity index is 0.00000352. The van der Waals surface area contributed by atoms with Crippen LogP contribution in [0.15, 0.2) is 71.9 Å². The van der Waals surface area contributed by atoms with E-state index >= 15 is 0 Å². The first-order valence-corrected chi connectivity index (χ1v) is 12.2. The van der Waals surface area contributed by atoms with E-state index in [-0.39, 0.29) is 37.7 Å². The minimum Gasteiger partial charge on any atom is -0.336 e. The van der Waals surface area contributed by atoms with E-state index in [1.54, 1.807) is 37.2 Å². The van der Waals surface area contributed by atoms with Crippen LogP contribution in [0.4, 0.5) is 18.0 Å². The minimum absolute atomic E-state index is 0.0228. The Morgan fingerprint density at radius 3 is 2.61 bits per heavy atom. The molecule has 2 aliphatic rings. The zero-order valence-electron chi connectivity index (χ0n) is 22.4. The second-order valence-corrected chi connectivity index (χ2v) is 8.60. The van der Waals surface area contributed by atoms with Crippen molar-refractivity contribution < 1.29 is 27.6 Å². The average Bonchev–Trinajstić information content (AvgIpc) is 3.14. The first-order chi connectivity index (χ1) is 18.2. The quantitative estimate of drug-likeness (QED) is 0.347. The maximum Gasteiger partial charge on any atom is 0.334 e. The third-order valence-electron chi connectivity index (χ3n) is 5.81. The highest BCUT2D eigenvalue weighted by atomic mass is 19.3. The number of nitrogens with zero attached hydrogens (tertiary/aromatic N) is 3. The van der Waals surface area contributed by atoms with Crippen LogP contribution in [0.3, 0.4) is 0 Å². The molecule has 0 saturated carbocycles. The third-order valence-corrected chi connectivity index (χ3v) is 5.81. The summed E-state index contributed by atoms with van der Waals surface area (Å²) >= 11 is 0. The number of allylic oxidation sites excluding steroid dienone is 7. The van der Waals surface area contributed by atoms with Crippen molar-refractivity contribution in [3.63, 3.8) is 0 Å². The fourth-order valence-electron chi connectivity index (χ4n) is 4.02. The molecule has 210 valence electrons. The van der Waals surface area contributed by atoms with E-state index in [0.29, 0.717) is 25.6 Å². The molecule has 0 aromatic rings. The Morgan fingerprint density at radius 2 is 2.00 bits per heavy atom. The maximum absolute atomic E-state index is 13.3. The summed E-state index contributed by atoms with van der Waals surface area (Å²) in [5.74, 6) is -0.684. The molecule has 38 heavy (non-hydrogen) atoms. The summed E-state index contributed by atoms with van der Waals surface area (Å²) in [5.41, 5.74) is 1.23. The van der Waals surface area contributed by atoms with Gasteiger partial charge >= 0.3 is 6.03 Å². The zero-order valence-corrected chi connectivity index (χ0v) is 22.4. The molecule has 1 aliphatic carbocycles. The third kappa shape index (κ3) is 9.70. The van der Waals surface area contributed by atoms with Crippen LogP contribution in [-0.2, 0) is 9.59 Å². The molecule has 0 radical (unpaired) electrons. The Hall–Kier alpha value is -3.60. The molecule has 0 bridgehead atoms. The highest BCUT2D eigenvalue weighted by molar-refractivity contribution is 5.80. The second-order valence-electron chi connectivity index (χ2n) is 8.60. The minimum atomic E-state index is -2.63. The van der Waals surface area contributed by atoms with Gasteiger partial charge in [0.05, 0.1) is 13.7 Å². The summed E-state index contributed by atoms with van der Waals surface area (Å²) in [7, 11) is 2.17. The summed E-state index contributed by atoms with van der Waals surface area (Å²) in [4.78, 5) is 39.4. The number of hydrogen-bond donors (Lipinski definition) is 2. The summed E-state index contributed by atoms with van der Waals surface area (Å²) in [6.45, 7) is 7.85. The number of hydrazine groups is 1. The maximum atomic E-state index is 13.3. The van der Waals surface area contributed by atoms with E-state index in [1.165, 1.54) is 22.1 Å². The Kier molecular flexibility index (Phi) is 14.5. The van der Waals surface area contributed by atoms with Gasteiger partial charge in [-0.15, -0.1) is 0 Å². The van der Waals surface area contributed by atoms with E-state index in [9.17, 15) is 27.6 Å². The monoisotopic (exact) mass is 537 g/mol. The molecule has 0 aromatic carbocycles. The predicted molar refractivity (Wildman–Crippen MR) is 143 cm³/mol. The predicted octanol–water partition coefficient (Wildman–Crippen LogP) is 3.75. The summed E-state index contributed by atoms with van der Waals surface area (Å²) in [5, 5.41) is 8.42. The van der Waals surface area contributed by atoms with Gasteiger partial charge < -0.3 is 15.5 Å². The summed E-state index contributed by atoms with van der Waals surface area (Å²) < 4.78 is 36.2. The van der Waals surface area contributed by atoms with E-state index in [1.807, 2.05) is 25.2 Å². The molecular formula is C27H38F3N5O3. The SMILES string of the molecule is C=C/C(=C\C=C/C)CNC(=O)N1C(NC=O)CN(CC2=CCC=CC(C(F)F)=C2)C(=O)[C@H](C)CN1C.CF. The molecule has 1 heterocycles. The van der Waals surface area contributed by atoms with Gasteiger partial charge in [0.2, 0.25) is 12.3 Å². The Bertz CT molecular complexity index is 975. The van der Waals surface area contributed by atoms with Gasteiger partial charge in [-0.05, 0) is 30.6 Å². The van der Waals surface area contributed by atoms with Crippen molar-refractivity contribution in [2.75, 3.05) is 40.4 Å². The van der Waals surface area contributed by atoms with Gasteiger partial charge in [-0.1, -0.05) is 56.0 Å². The number of halogens is 3. The van der Waals surface area contributed by atoms with Crippen molar-refractivity contribution in [1.82, 2.24) is 25.6 Å². The van der Waals surface area contributed by atoms with Gasteiger partial charge in [-0.25, -0.2) is 23.6 Å². The van der Waals surface area contributed by atoms with E-state index in [2.05, 4.69) is 17.2 Å². The van der Waals surface area contributed by atoms with Crippen LogP contribution < -0.4 is 10.6 Å². The number of rotatable bonds is 9. The van der Waals surface area contributed by atoms with Crippen molar-refractivity contribution in [3.8, 4) is 0 Å². The average molecular weight is 538 g/mol. The van der Waals surface area contributed by atoms with E-state index < -0.39 is 24.5 Å². The van der Waals surface area contributed by atoms with Gasteiger partial charge in [0.1, 0.15) is 6.17 Å². The number of nitrogens with one attached hydrogen (secondary N) is 2. The summed E-state index contributed by atoms with van der Waals surface area (Å²) in [6, 6.07) is -0.468. The fraction of sp³-hybridized carbons (Fsp3) is 0.444. The number of urea groups is 1. The Morgan fingerprint density at radius 1 is 1.29 bits per heavy atom. The van der Waals surface area contributed by atoms with Crippen LogP contribution in [0.1, 0.15) is 20.3 Å². The highest BCUT2D eigenvalue weighted by Gasteiger charge is 2.36. The van der Waals surface area contributed by atoms with Crippen LogP contribution in [0.25, 0.3) is 0 Å². The molecular weight excluding hydrogens is 499 g/mol. The smallest absolute Gasteiger partial charge is 0.334 e. The lowest BCUT2D eigenvalue weighted by molar-refractivity contribution is -0.143. The molecule has 8 nitrogen and oxygen atoms in total. The van der Waals surface area contributed by atoms with Crippen molar-refractivity contribution in [1.29, 1.82) is 0 Å². The van der Waals surface area contributed by atoms with Crippen molar-refractivity contribution in [2.24, 2.45) is 5.92 Å². The number of hydrogen-bond acceptors (Lipinski definition) is 4. The first kappa shape index (κ1) is 32.4. The summed E-state index contributed by atoms with van der Waals surface area (Å²) in [6.07, 6.45) is 10.8. The lowest BCUT2D eigenvalue weighted by Crippen LogP contribution is -2.65. The van der Waals surface area contributed by atoms with Crippen LogP contribution in [0.2, 0.25) is 0 Å². The van der Waals surface area contributed by atoms with Gasteiger partial charge in [0, 0.05) is 38.2 Å². The molecule has 2 rings (SSSR count). The van der Waals surface area contributed by atoms with Crippen LogP contribution in [0, 0.1) is 5.92 Å². The van der Waals surface area contributed by atoms with Gasteiger partial charge in [0.15, 0.2) is 0 Å². The lowest BCUT2D eigenvalue weighted by atomic mass is 10.1. The second kappa shape index (κ2) is 17.0. The number of alkyl halides is 3. The standard InChI is InChI=1S/C26H35F2N5O3.CH3F/c1-5-7-10-20(6-2)14-29-26(36)33-23(30-18-34)17-32(25(35)19(3)15-31(33)4)16-21-11-8-9-12-22(13-21)24(27)28;1-2/h5-7,9-13,18-19,23-24H,2,8,14-17H2,1,3-4H3,(H,29,36)(H,30,34);1H3/b7-5-,20-10+;/t19-,23?;/m1./s1. The molecule has 1 unspecified atom stereocenters. The molecule has 4 amide bonds. The van der Waals surface area contributed by atoms with Gasteiger partial charge in [-0.2, -0.15) is 0 Å². The first-order valence-electron chi connectivity index (χ1n) is 12.2. The van der Waals surface area contributed by atoms with E-state index in [0.717, 1.165) is 5.57 Å². The topological polar surface area (TPSA) is 85.0 Å². The molecule has 1 aliphatic heterocycles. The molecule has 2 atom stereocenters. The zero-order chi connectivity index (χ0) is 28.7. The van der Waals surface area contributed by atoms with E-state index in [4.69, 9.17) is 0 Å². The molecule has 2 N–H and O–H groups in total. The Labute approximate surface area is 222 Å². The van der Waals surface area contributed by atoms with Crippen molar-refractivity contribution in [3.05, 3.63) is 71.9 Å². The molecule has 1 saturated heterocycles. The lowest BCUT2D eigenvalue weighted by Gasteiger charge is -2.43.